The highest BCUT2D eigenvalue weighted by molar-refractivity contribution is 6.23. The van der Waals surface area contributed by atoms with E-state index in [2.05, 4.69) is 237 Å². The molecule has 0 spiro atoms. The van der Waals surface area contributed by atoms with Crippen LogP contribution in [0.2, 0.25) is 0 Å². The Bertz CT molecular complexity index is 4340. The van der Waals surface area contributed by atoms with Crippen molar-refractivity contribution in [1.82, 2.24) is 9.97 Å². The molecule has 0 atom stereocenters. The highest BCUT2D eigenvalue weighted by Crippen LogP contribution is 2.43. The van der Waals surface area contributed by atoms with Gasteiger partial charge in [-0.3, -0.25) is 4.98 Å². The number of nitrogens with zero attached hydrogens (tertiary/aromatic N) is 2. The summed E-state index contributed by atoms with van der Waals surface area (Å²) in [5.41, 5.74) is 16.9. The van der Waals surface area contributed by atoms with E-state index in [-0.39, 0.29) is 0 Å². The SMILES string of the molecule is c1cc(-c2ccc(-c3cccc(-c4cc(-c5ccc6ccccc6c5)cc5c4oc4ccc(-c6ccc7ccccc7c6)cc45)c3)cc2)cc(-c2cnc3c4ccccc4c4ccccc4c3n2)c1. The Kier molecular flexibility index (Phi) is 8.90. The Hall–Kier alpha value is -9.18. The topological polar surface area (TPSA) is 38.9 Å². The molecule has 0 radical (unpaired) electrons. The predicted molar refractivity (Wildman–Crippen MR) is 289 cm³/mol. The fraction of sp³-hybridized carbons (Fsp3) is 0. The number of hydrogen-bond acceptors (Lipinski definition) is 3. The smallest absolute Gasteiger partial charge is 0.143 e. The van der Waals surface area contributed by atoms with Gasteiger partial charge in [0.1, 0.15) is 11.2 Å². The van der Waals surface area contributed by atoms with Gasteiger partial charge in [-0.05, 0) is 131 Å². The summed E-state index contributed by atoms with van der Waals surface area (Å²) >= 11 is 0. The van der Waals surface area contributed by atoms with Gasteiger partial charge in [0, 0.05) is 32.7 Å². The maximum atomic E-state index is 6.86. The zero-order valence-corrected chi connectivity index (χ0v) is 37.4. The molecule has 0 saturated carbocycles. The van der Waals surface area contributed by atoms with E-state index in [1.807, 2.05) is 6.20 Å². The molecule has 2 aromatic heterocycles. The average molecular weight is 877 g/mol. The van der Waals surface area contributed by atoms with Gasteiger partial charge in [-0.2, -0.15) is 0 Å². The lowest BCUT2D eigenvalue weighted by molar-refractivity contribution is 0.670. The highest BCUT2D eigenvalue weighted by Gasteiger charge is 2.18. The highest BCUT2D eigenvalue weighted by atomic mass is 16.3. The predicted octanol–water partition coefficient (Wildman–Crippen LogP) is 18.1. The van der Waals surface area contributed by atoms with E-state index in [0.29, 0.717) is 0 Å². The largest absolute Gasteiger partial charge is 0.455 e. The van der Waals surface area contributed by atoms with E-state index in [1.54, 1.807) is 0 Å². The van der Waals surface area contributed by atoms with Crippen molar-refractivity contribution in [2.24, 2.45) is 0 Å². The summed E-state index contributed by atoms with van der Waals surface area (Å²) in [6.45, 7) is 0. The Morgan fingerprint density at radius 1 is 0.275 bits per heavy atom. The minimum atomic E-state index is 0.854. The van der Waals surface area contributed by atoms with E-state index < -0.39 is 0 Å². The number of benzene rings is 12. The monoisotopic (exact) mass is 876 g/mol. The van der Waals surface area contributed by atoms with Crippen molar-refractivity contribution in [3.63, 3.8) is 0 Å². The van der Waals surface area contributed by atoms with Crippen LogP contribution < -0.4 is 0 Å². The standard InChI is InChI=1S/C66H40N2O/c1-3-13-45-33-49(29-27-41(45)11-1)51-31-32-63-60(37-51)61-39-54(50-30-28-42-12-2-4-14-46(42)34-50)38-59(66(61)69-63)52-17-9-15-47(35-52)43-23-25-44(26-24-43)48-16-10-18-53(36-48)62-40-67-64-57-21-7-5-19-55(57)56-20-6-8-22-58(56)65(64)68-62/h1-40H. The Morgan fingerprint density at radius 2 is 0.754 bits per heavy atom. The van der Waals surface area contributed by atoms with Crippen LogP contribution >= 0.6 is 0 Å². The first-order chi connectivity index (χ1) is 34.1. The van der Waals surface area contributed by atoms with Crippen LogP contribution in [0.4, 0.5) is 0 Å². The number of furan rings is 1. The fourth-order valence-electron chi connectivity index (χ4n) is 10.5. The minimum absolute atomic E-state index is 0.854. The first-order valence-electron chi connectivity index (χ1n) is 23.5. The van der Waals surface area contributed by atoms with Gasteiger partial charge in [0.15, 0.2) is 0 Å². The second-order valence-electron chi connectivity index (χ2n) is 18.1. The third kappa shape index (κ3) is 6.66. The van der Waals surface area contributed by atoms with Crippen molar-refractivity contribution in [2.75, 3.05) is 0 Å². The van der Waals surface area contributed by atoms with E-state index in [0.717, 1.165) is 99.5 Å². The van der Waals surface area contributed by atoms with Gasteiger partial charge < -0.3 is 4.42 Å². The lowest BCUT2D eigenvalue weighted by Gasteiger charge is -2.12. The number of fused-ring (bicyclic) bond motifs is 11. The maximum Gasteiger partial charge on any atom is 0.143 e. The molecule has 0 unspecified atom stereocenters. The molecule has 3 nitrogen and oxygen atoms in total. The van der Waals surface area contributed by atoms with Crippen molar-refractivity contribution in [3.8, 4) is 66.9 Å². The molecule has 0 bridgehead atoms. The fourth-order valence-corrected chi connectivity index (χ4v) is 10.5. The zero-order valence-electron chi connectivity index (χ0n) is 37.4. The Balaban J connectivity index is 0.837. The van der Waals surface area contributed by atoms with Gasteiger partial charge in [0.05, 0.1) is 22.9 Å². The summed E-state index contributed by atoms with van der Waals surface area (Å²) in [5.74, 6) is 0. The molecule has 0 aliphatic carbocycles. The molecule has 69 heavy (non-hydrogen) atoms. The van der Waals surface area contributed by atoms with Crippen LogP contribution in [0.1, 0.15) is 0 Å². The third-order valence-corrected chi connectivity index (χ3v) is 14.0. The molecule has 14 rings (SSSR count). The molecule has 320 valence electrons. The van der Waals surface area contributed by atoms with Gasteiger partial charge in [-0.1, -0.05) is 188 Å². The van der Waals surface area contributed by atoms with Crippen LogP contribution in [-0.4, -0.2) is 9.97 Å². The molecular weight excluding hydrogens is 837 g/mol. The van der Waals surface area contributed by atoms with Crippen LogP contribution in [0, 0.1) is 0 Å². The van der Waals surface area contributed by atoms with Crippen molar-refractivity contribution in [3.05, 3.63) is 243 Å². The summed E-state index contributed by atoms with van der Waals surface area (Å²) < 4.78 is 6.86. The van der Waals surface area contributed by atoms with Crippen LogP contribution in [0.25, 0.3) is 143 Å². The number of hydrogen-bond donors (Lipinski definition) is 0. The van der Waals surface area contributed by atoms with Crippen LogP contribution in [-0.2, 0) is 0 Å². The van der Waals surface area contributed by atoms with Crippen molar-refractivity contribution in [1.29, 1.82) is 0 Å². The van der Waals surface area contributed by atoms with Crippen molar-refractivity contribution < 1.29 is 4.42 Å². The van der Waals surface area contributed by atoms with Gasteiger partial charge in [-0.25, -0.2) is 4.98 Å². The average Bonchev–Trinajstić information content (AvgIpc) is 3.80. The molecular formula is C66H40N2O. The van der Waals surface area contributed by atoms with E-state index >= 15 is 0 Å². The Labute approximate surface area is 398 Å². The van der Waals surface area contributed by atoms with Gasteiger partial charge >= 0.3 is 0 Å². The summed E-state index contributed by atoms with van der Waals surface area (Å²) in [4.78, 5) is 10.3. The number of rotatable bonds is 6. The molecule has 0 N–H and O–H groups in total. The van der Waals surface area contributed by atoms with E-state index in [9.17, 15) is 0 Å². The van der Waals surface area contributed by atoms with Gasteiger partial charge in [-0.15, -0.1) is 0 Å². The van der Waals surface area contributed by atoms with Crippen molar-refractivity contribution >= 4 is 76.1 Å². The second-order valence-corrected chi connectivity index (χ2v) is 18.1. The normalized spacial score (nSPS) is 11.8. The molecule has 14 aromatic rings. The molecule has 2 heterocycles. The van der Waals surface area contributed by atoms with Crippen LogP contribution in [0.5, 0.6) is 0 Å². The molecule has 0 amide bonds. The molecule has 0 aliphatic heterocycles. The molecule has 0 saturated heterocycles. The first kappa shape index (κ1) is 39.0. The summed E-state index contributed by atoms with van der Waals surface area (Å²) in [7, 11) is 0. The lowest BCUT2D eigenvalue weighted by Crippen LogP contribution is -1.92. The zero-order chi connectivity index (χ0) is 45.4. The minimum Gasteiger partial charge on any atom is -0.455 e. The Morgan fingerprint density at radius 3 is 1.42 bits per heavy atom. The quantitative estimate of drug-likeness (QED) is 0.156. The first-order valence-corrected chi connectivity index (χ1v) is 23.5. The van der Waals surface area contributed by atoms with Crippen LogP contribution in [0.3, 0.4) is 0 Å². The summed E-state index contributed by atoms with van der Waals surface area (Å²) in [6.07, 6.45) is 1.92. The molecule has 12 aromatic carbocycles. The van der Waals surface area contributed by atoms with Gasteiger partial charge in [0.2, 0.25) is 0 Å². The molecule has 0 fully saturated rings. The third-order valence-electron chi connectivity index (χ3n) is 14.0. The maximum absolute atomic E-state index is 6.86. The molecule has 0 aliphatic rings. The van der Waals surface area contributed by atoms with E-state index in [4.69, 9.17) is 14.4 Å². The van der Waals surface area contributed by atoms with Gasteiger partial charge in [0.25, 0.3) is 0 Å². The van der Waals surface area contributed by atoms with Crippen molar-refractivity contribution in [2.45, 2.75) is 0 Å². The number of aromatic nitrogens is 2. The summed E-state index contributed by atoms with van der Waals surface area (Å²) in [6, 6.07) is 85.2. The van der Waals surface area contributed by atoms with E-state index in [1.165, 1.54) is 43.4 Å². The van der Waals surface area contributed by atoms with Crippen LogP contribution in [0.15, 0.2) is 247 Å². The lowest BCUT2D eigenvalue weighted by atomic mass is 9.92. The molecule has 3 heteroatoms. The second kappa shape index (κ2) is 15.7. The summed E-state index contributed by atoms with van der Waals surface area (Å²) in [5, 5.41) is 11.7.